The van der Waals surface area contributed by atoms with E-state index in [1.54, 1.807) is 0 Å². The van der Waals surface area contributed by atoms with Crippen LogP contribution in [0.4, 0.5) is 0 Å². The Morgan fingerprint density at radius 3 is 1.72 bits per heavy atom. The van der Waals surface area contributed by atoms with Crippen molar-refractivity contribution in [2.45, 2.75) is 118 Å². The summed E-state index contributed by atoms with van der Waals surface area (Å²) in [6.07, 6.45) is 19.4. The van der Waals surface area contributed by atoms with Gasteiger partial charge >= 0.3 is 11.9 Å². The number of hydrogen-bond donors (Lipinski definition) is 0. The van der Waals surface area contributed by atoms with Crippen molar-refractivity contribution in [3.05, 3.63) is 12.2 Å². The molecule has 0 aliphatic heterocycles. The highest BCUT2D eigenvalue weighted by Gasteiger charge is 2.35. The summed E-state index contributed by atoms with van der Waals surface area (Å²) in [5.41, 5.74) is 0. The van der Waals surface area contributed by atoms with Gasteiger partial charge in [0.25, 0.3) is 0 Å². The fourth-order valence-electron chi connectivity index (χ4n) is 4.26. The summed E-state index contributed by atoms with van der Waals surface area (Å²) >= 11 is 0. The predicted molar refractivity (Wildman–Crippen MR) is 132 cm³/mol. The Labute approximate surface area is 197 Å². The molecule has 0 aromatic carbocycles. The van der Waals surface area contributed by atoms with E-state index in [-0.39, 0.29) is 11.9 Å². The second kappa shape index (κ2) is 18.1. The van der Waals surface area contributed by atoms with E-state index >= 15 is 0 Å². The van der Waals surface area contributed by atoms with Crippen LogP contribution >= 0.6 is 0 Å². The smallest absolute Gasteiger partial charge is 0.313 e. The van der Waals surface area contributed by atoms with E-state index in [2.05, 4.69) is 27.7 Å². The van der Waals surface area contributed by atoms with Gasteiger partial charge in [-0.05, 0) is 37.5 Å². The molecular weight excluding hydrogens is 400 g/mol. The van der Waals surface area contributed by atoms with Gasteiger partial charge in [0.05, 0.1) is 25.0 Å². The van der Waals surface area contributed by atoms with Crippen LogP contribution < -0.4 is 0 Å². The Balaban J connectivity index is 2.19. The zero-order valence-electron chi connectivity index (χ0n) is 21.4. The standard InChI is InChI=1S/C28H50O4/c1-23(2)17-11-7-5-9-15-21-31-27(29)25-19-13-14-20-26(25)28(30)32-22-16-10-6-8-12-18-24(3)4/h13,19,23-26H,5-12,14-18,20-22H2,1-4H3. The first kappa shape index (κ1) is 28.7. The third-order valence-electron chi connectivity index (χ3n) is 6.34. The minimum atomic E-state index is -0.488. The number of esters is 2. The lowest BCUT2D eigenvalue weighted by molar-refractivity contribution is -0.159. The van der Waals surface area contributed by atoms with Crippen LogP contribution in [0.5, 0.6) is 0 Å². The summed E-state index contributed by atoms with van der Waals surface area (Å²) in [6.45, 7) is 9.96. The van der Waals surface area contributed by atoms with Gasteiger partial charge in [0.1, 0.15) is 0 Å². The summed E-state index contributed by atoms with van der Waals surface area (Å²) in [5.74, 6) is 0.167. The monoisotopic (exact) mass is 450 g/mol. The van der Waals surface area contributed by atoms with Crippen molar-refractivity contribution in [3.8, 4) is 0 Å². The molecule has 4 heteroatoms. The van der Waals surface area contributed by atoms with Crippen LogP contribution in [-0.4, -0.2) is 25.2 Å². The molecule has 0 heterocycles. The van der Waals surface area contributed by atoms with E-state index in [9.17, 15) is 9.59 Å². The quantitative estimate of drug-likeness (QED) is 0.122. The molecule has 0 saturated carbocycles. The van der Waals surface area contributed by atoms with Gasteiger partial charge in [0.15, 0.2) is 0 Å². The number of unbranched alkanes of at least 4 members (excludes halogenated alkanes) is 8. The Morgan fingerprint density at radius 2 is 1.19 bits per heavy atom. The molecule has 2 atom stereocenters. The molecule has 0 aromatic rings. The minimum Gasteiger partial charge on any atom is -0.465 e. The van der Waals surface area contributed by atoms with E-state index in [1.165, 1.54) is 51.4 Å². The first-order chi connectivity index (χ1) is 15.4. The Kier molecular flexibility index (Phi) is 16.3. The Bertz CT molecular complexity index is 524. The van der Waals surface area contributed by atoms with Crippen molar-refractivity contribution in [1.82, 2.24) is 0 Å². The number of carbonyl (C=O) groups is 2. The number of carbonyl (C=O) groups excluding carboxylic acids is 2. The largest absolute Gasteiger partial charge is 0.465 e. The number of allylic oxidation sites excluding steroid dienone is 1. The third kappa shape index (κ3) is 14.0. The number of hydrogen-bond acceptors (Lipinski definition) is 4. The van der Waals surface area contributed by atoms with Crippen LogP contribution in [0, 0.1) is 23.7 Å². The summed E-state index contributed by atoms with van der Waals surface area (Å²) in [6, 6.07) is 0. The number of rotatable bonds is 18. The molecule has 32 heavy (non-hydrogen) atoms. The van der Waals surface area contributed by atoms with E-state index in [1.807, 2.05) is 12.2 Å². The highest BCUT2D eigenvalue weighted by atomic mass is 16.5. The average molecular weight is 451 g/mol. The molecule has 0 spiro atoms. The van der Waals surface area contributed by atoms with E-state index in [0.29, 0.717) is 19.6 Å². The molecule has 1 rings (SSSR count). The molecule has 0 aromatic heterocycles. The number of ether oxygens (including phenoxy) is 2. The molecule has 186 valence electrons. The van der Waals surface area contributed by atoms with E-state index in [4.69, 9.17) is 9.47 Å². The van der Waals surface area contributed by atoms with Crippen molar-refractivity contribution in [2.24, 2.45) is 23.7 Å². The van der Waals surface area contributed by atoms with Crippen LogP contribution in [0.1, 0.15) is 118 Å². The molecule has 0 bridgehead atoms. The van der Waals surface area contributed by atoms with Crippen molar-refractivity contribution >= 4 is 11.9 Å². The molecule has 1 aliphatic carbocycles. The summed E-state index contributed by atoms with van der Waals surface area (Å²) in [5, 5.41) is 0. The van der Waals surface area contributed by atoms with Crippen LogP contribution in [0.25, 0.3) is 0 Å². The predicted octanol–water partition coefficient (Wildman–Crippen LogP) is 7.65. The lowest BCUT2D eigenvalue weighted by Crippen LogP contribution is -2.33. The molecule has 0 radical (unpaired) electrons. The van der Waals surface area contributed by atoms with Crippen LogP contribution in [-0.2, 0) is 19.1 Å². The summed E-state index contributed by atoms with van der Waals surface area (Å²) < 4.78 is 11.0. The fraction of sp³-hybridized carbons (Fsp3) is 0.857. The highest BCUT2D eigenvalue weighted by Crippen LogP contribution is 2.27. The normalized spacial score (nSPS) is 18.3. The lowest BCUT2D eigenvalue weighted by Gasteiger charge is -2.24. The van der Waals surface area contributed by atoms with E-state index < -0.39 is 11.8 Å². The van der Waals surface area contributed by atoms with E-state index in [0.717, 1.165) is 43.9 Å². The SMILES string of the molecule is CC(C)CCCCCCCOC(=O)C1C=CCCC1C(=O)OCCCCCCCC(C)C. The lowest BCUT2D eigenvalue weighted by atomic mass is 9.84. The van der Waals surface area contributed by atoms with Gasteiger partial charge in [-0.15, -0.1) is 0 Å². The third-order valence-corrected chi connectivity index (χ3v) is 6.34. The maximum atomic E-state index is 12.6. The first-order valence-corrected chi connectivity index (χ1v) is 13.4. The molecule has 0 N–H and O–H groups in total. The molecule has 2 unspecified atom stereocenters. The molecule has 0 saturated heterocycles. The topological polar surface area (TPSA) is 52.6 Å². The second-order valence-corrected chi connectivity index (χ2v) is 10.4. The van der Waals surface area contributed by atoms with Crippen LogP contribution in [0.15, 0.2) is 12.2 Å². The van der Waals surface area contributed by atoms with Crippen LogP contribution in [0.2, 0.25) is 0 Å². The van der Waals surface area contributed by atoms with Gasteiger partial charge in [0.2, 0.25) is 0 Å². The van der Waals surface area contributed by atoms with Gasteiger partial charge in [-0.1, -0.05) is 104 Å². The summed E-state index contributed by atoms with van der Waals surface area (Å²) in [7, 11) is 0. The van der Waals surface area contributed by atoms with Gasteiger partial charge in [0, 0.05) is 0 Å². The second-order valence-electron chi connectivity index (χ2n) is 10.4. The highest BCUT2D eigenvalue weighted by molar-refractivity contribution is 5.83. The van der Waals surface area contributed by atoms with Crippen molar-refractivity contribution in [3.63, 3.8) is 0 Å². The first-order valence-electron chi connectivity index (χ1n) is 13.4. The van der Waals surface area contributed by atoms with Crippen molar-refractivity contribution < 1.29 is 19.1 Å². The fourth-order valence-corrected chi connectivity index (χ4v) is 4.26. The van der Waals surface area contributed by atoms with Gasteiger partial charge < -0.3 is 9.47 Å². The average Bonchev–Trinajstić information content (AvgIpc) is 2.76. The van der Waals surface area contributed by atoms with Gasteiger partial charge in [-0.2, -0.15) is 0 Å². The zero-order valence-corrected chi connectivity index (χ0v) is 21.4. The molecule has 0 amide bonds. The maximum absolute atomic E-state index is 12.6. The molecule has 4 nitrogen and oxygen atoms in total. The van der Waals surface area contributed by atoms with Crippen molar-refractivity contribution in [2.75, 3.05) is 13.2 Å². The minimum absolute atomic E-state index is 0.235. The maximum Gasteiger partial charge on any atom is 0.313 e. The summed E-state index contributed by atoms with van der Waals surface area (Å²) in [4.78, 5) is 25.2. The Hall–Kier alpha value is -1.32. The molecular formula is C28H50O4. The van der Waals surface area contributed by atoms with Gasteiger partial charge in [-0.3, -0.25) is 9.59 Å². The van der Waals surface area contributed by atoms with Gasteiger partial charge in [-0.25, -0.2) is 0 Å². The van der Waals surface area contributed by atoms with Crippen LogP contribution in [0.3, 0.4) is 0 Å². The zero-order chi connectivity index (χ0) is 23.6. The van der Waals surface area contributed by atoms with Crippen molar-refractivity contribution in [1.29, 1.82) is 0 Å². The molecule has 1 aliphatic rings. The Morgan fingerprint density at radius 1 is 0.719 bits per heavy atom. The molecule has 0 fully saturated rings.